The van der Waals surface area contributed by atoms with Crippen molar-refractivity contribution >= 4 is 5.91 Å². The van der Waals surface area contributed by atoms with Crippen LogP contribution in [0.5, 0.6) is 0 Å². The zero-order valence-corrected chi connectivity index (χ0v) is 12.4. The zero-order chi connectivity index (χ0) is 13.8. The van der Waals surface area contributed by atoms with Crippen LogP contribution in [-0.2, 0) is 9.53 Å². The lowest BCUT2D eigenvalue weighted by Gasteiger charge is -2.42. The molecule has 0 saturated carbocycles. The van der Waals surface area contributed by atoms with Gasteiger partial charge in [0.1, 0.15) is 0 Å². The van der Waals surface area contributed by atoms with E-state index < -0.39 is 0 Å². The van der Waals surface area contributed by atoms with Gasteiger partial charge in [0.05, 0.1) is 6.10 Å². The Bertz CT molecular complexity index is 278. The van der Waals surface area contributed by atoms with Gasteiger partial charge in [-0.1, -0.05) is 27.7 Å². The molecule has 0 aromatic carbocycles. The fourth-order valence-electron chi connectivity index (χ4n) is 2.77. The lowest BCUT2D eigenvalue weighted by atomic mass is 9.70. The molecule has 3 atom stereocenters. The van der Waals surface area contributed by atoms with E-state index in [0.717, 1.165) is 32.3 Å². The van der Waals surface area contributed by atoms with Crippen molar-refractivity contribution in [3.63, 3.8) is 0 Å². The van der Waals surface area contributed by atoms with Crippen molar-refractivity contribution in [2.24, 2.45) is 23.0 Å². The molecule has 2 N–H and O–H groups in total. The van der Waals surface area contributed by atoms with Crippen molar-refractivity contribution in [2.75, 3.05) is 6.61 Å². The summed E-state index contributed by atoms with van der Waals surface area (Å²) in [7, 11) is 0. The van der Waals surface area contributed by atoms with Crippen LogP contribution >= 0.6 is 0 Å². The number of nitrogens with two attached hydrogens (primary N) is 1. The quantitative estimate of drug-likeness (QED) is 0.792. The SMILES string of the molecule is CC(CCC(N)=O)CC1CC(C)(C(C)C)CCO1. The van der Waals surface area contributed by atoms with Gasteiger partial charge in [-0.25, -0.2) is 0 Å². The number of ether oxygens (including phenoxy) is 1. The summed E-state index contributed by atoms with van der Waals surface area (Å²) >= 11 is 0. The summed E-state index contributed by atoms with van der Waals surface area (Å²) in [6, 6.07) is 0. The average molecular weight is 255 g/mol. The van der Waals surface area contributed by atoms with E-state index in [9.17, 15) is 4.79 Å². The van der Waals surface area contributed by atoms with Gasteiger partial charge in [-0.05, 0) is 42.9 Å². The lowest BCUT2D eigenvalue weighted by Crippen LogP contribution is -2.37. The smallest absolute Gasteiger partial charge is 0.217 e. The Hall–Kier alpha value is -0.570. The highest BCUT2D eigenvalue weighted by molar-refractivity contribution is 5.73. The molecule has 0 aromatic rings. The summed E-state index contributed by atoms with van der Waals surface area (Å²) in [5.74, 6) is 1.01. The van der Waals surface area contributed by atoms with Crippen LogP contribution in [0.1, 0.15) is 59.8 Å². The van der Waals surface area contributed by atoms with Crippen LogP contribution in [0.25, 0.3) is 0 Å². The Morgan fingerprint density at radius 1 is 1.44 bits per heavy atom. The van der Waals surface area contributed by atoms with Crippen molar-refractivity contribution in [3.8, 4) is 0 Å². The maximum atomic E-state index is 10.8. The van der Waals surface area contributed by atoms with E-state index in [0.29, 0.717) is 29.8 Å². The van der Waals surface area contributed by atoms with Crippen LogP contribution < -0.4 is 5.73 Å². The second kappa shape index (κ2) is 6.55. The van der Waals surface area contributed by atoms with E-state index in [4.69, 9.17) is 10.5 Å². The Morgan fingerprint density at radius 3 is 2.67 bits per heavy atom. The molecule has 0 bridgehead atoms. The second-order valence-electron chi connectivity index (χ2n) is 6.60. The zero-order valence-electron chi connectivity index (χ0n) is 12.4. The number of carbonyl (C=O) groups is 1. The molecule has 1 aliphatic heterocycles. The highest BCUT2D eigenvalue weighted by Crippen LogP contribution is 2.41. The maximum Gasteiger partial charge on any atom is 0.217 e. The van der Waals surface area contributed by atoms with Gasteiger partial charge in [0, 0.05) is 13.0 Å². The van der Waals surface area contributed by atoms with E-state index in [-0.39, 0.29) is 5.91 Å². The Morgan fingerprint density at radius 2 is 2.11 bits per heavy atom. The van der Waals surface area contributed by atoms with E-state index in [1.165, 1.54) is 0 Å². The van der Waals surface area contributed by atoms with Crippen molar-refractivity contribution in [2.45, 2.75) is 65.9 Å². The van der Waals surface area contributed by atoms with Crippen LogP contribution in [-0.4, -0.2) is 18.6 Å². The standard InChI is InChI=1S/C15H29NO2/c1-11(2)15(4)7-8-18-13(10-15)9-12(3)5-6-14(16)17/h11-13H,5-10H2,1-4H3,(H2,16,17). The van der Waals surface area contributed by atoms with Crippen molar-refractivity contribution < 1.29 is 9.53 Å². The van der Waals surface area contributed by atoms with Crippen molar-refractivity contribution in [3.05, 3.63) is 0 Å². The van der Waals surface area contributed by atoms with E-state index >= 15 is 0 Å². The summed E-state index contributed by atoms with van der Waals surface area (Å²) in [5, 5.41) is 0. The third-order valence-electron chi connectivity index (χ3n) is 4.66. The molecule has 1 heterocycles. The van der Waals surface area contributed by atoms with Crippen LogP contribution in [0.4, 0.5) is 0 Å². The first-order valence-electron chi connectivity index (χ1n) is 7.23. The molecule has 1 rings (SSSR count). The van der Waals surface area contributed by atoms with Gasteiger partial charge in [-0.2, -0.15) is 0 Å². The number of rotatable bonds is 6. The van der Waals surface area contributed by atoms with Gasteiger partial charge < -0.3 is 10.5 Å². The van der Waals surface area contributed by atoms with E-state index in [2.05, 4.69) is 27.7 Å². The topological polar surface area (TPSA) is 52.3 Å². The first-order chi connectivity index (χ1) is 8.33. The second-order valence-corrected chi connectivity index (χ2v) is 6.60. The minimum atomic E-state index is -0.196. The fourth-order valence-corrected chi connectivity index (χ4v) is 2.77. The predicted molar refractivity (Wildman–Crippen MR) is 74.1 cm³/mol. The third-order valence-corrected chi connectivity index (χ3v) is 4.66. The number of amides is 1. The minimum Gasteiger partial charge on any atom is -0.378 e. The highest BCUT2D eigenvalue weighted by atomic mass is 16.5. The lowest BCUT2D eigenvalue weighted by molar-refractivity contribution is -0.118. The molecule has 0 radical (unpaired) electrons. The van der Waals surface area contributed by atoms with Gasteiger partial charge in [0.2, 0.25) is 5.91 Å². The molecular formula is C15H29NO2. The fraction of sp³-hybridized carbons (Fsp3) is 0.933. The van der Waals surface area contributed by atoms with Gasteiger partial charge in [-0.3, -0.25) is 4.79 Å². The van der Waals surface area contributed by atoms with Gasteiger partial charge in [0.15, 0.2) is 0 Å². The number of hydrogen-bond donors (Lipinski definition) is 1. The largest absolute Gasteiger partial charge is 0.378 e. The summed E-state index contributed by atoms with van der Waals surface area (Å²) in [4.78, 5) is 10.8. The van der Waals surface area contributed by atoms with Gasteiger partial charge in [0.25, 0.3) is 0 Å². The summed E-state index contributed by atoms with van der Waals surface area (Å²) in [6.07, 6.45) is 5.09. The predicted octanol–water partition coefficient (Wildman–Crippen LogP) is 3.12. The molecule has 3 unspecified atom stereocenters. The molecule has 106 valence electrons. The molecule has 1 fully saturated rings. The molecule has 1 amide bonds. The van der Waals surface area contributed by atoms with Crippen LogP contribution in [0.15, 0.2) is 0 Å². The molecule has 1 aliphatic rings. The van der Waals surface area contributed by atoms with Crippen LogP contribution in [0, 0.1) is 17.3 Å². The monoisotopic (exact) mass is 255 g/mol. The van der Waals surface area contributed by atoms with Crippen LogP contribution in [0.2, 0.25) is 0 Å². The first-order valence-corrected chi connectivity index (χ1v) is 7.23. The maximum absolute atomic E-state index is 10.8. The van der Waals surface area contributed by atoms with Crippen molar-refractivity contribution in [1.82, 2.24) is 0 Å². The third kappa shape index (κ3) is 4.60. The highest BCUT2D eigenvalue weighted by Gasteiger charge is 2.35. The van der Waals surface area contributed by atoms with Crippen molar-refractivity contribution in [1.29, 1.82) is 0 Å². The van der Waals surface area contributed by atoms with Crippen LogP contribution in [0.3, 0.4) is 0 Å². The molecular weight excluding hydrogens is 226 g/mol. The van der Waals surface area contributed by atoms with Gasteiger partial charge >= 0.3 is 0 Å². The number of primary amides is 1. The number of carbonyl (C=O) groups excluding carboxylic acids is 1. The Kier molecular flexibility index (Phi) is 5.64. The Balaban J connectivity index is 2.40. The first kappa shape index (κ1) is 15.5. The molecule has 18 heavy (non-hydrogen) atoms. The minimum absolute atomic E-state index is 0.196. The molecule has 1 saturated heterocycles. The van der Waals surface area contributed by atoms with E-state index in [1.54, 1.807) is 0 Å². The molecule has 3 heteroatoms. The molecule has 0 spiro atoms. The van der Waals surface area contributed by atoms with E-state index in [1.807, 2.05) is 0 Å². The summed E-state index contributed by atoms with van der Waals surface area (Å²) < 4.78 is 5.88. The van der Waals surface area contributed by atoms with Gasteiger partial charge in [-0.15, -0.1) is 0 Å². The normalized spacial score (nSPS) is 30.4. The molecule has 0 aliphatic carbocycles. The Labute approximate surface area is 111 Å². The average Bonchev–Trinajstić information content (AvgIpc) is 2.26. The molecule has 0 aromatic heterocycles. The number of hydrogen-bond acceptors (Lipinski definition) is 2. The molecule has 3 nitrogen and oxygen atoms in total. The summed E-state index contributed by atoms with van der Waals surface area (Å²) in [6.45, 7) is 10.1. The summed E-state index contributed by atoms with van der Waals surface area (Å²) in [5.41, 5.74) is 5.60.